The van der Waals surface area contributed by atoms with Crippen LogP contribution in [0.25, 0.3) is 0 Å². The Morgan fingerprint density at radius 2 is 1.57 bits per heavy atom. The Morgan fingerprint density at radius 3 is 2.05 bits per heavy atom. The summed E-state index contributed by atoms with van der Waals surface area (Å²) < 4.78 is 19.2. The van der Waals surface area contributed by atoms with Gasteiger partial charge in [-0.05, 0) is 52.3 Å². The molecule has 0 radical (unpaired) electrons. The summed E-state index contributed by atoms with van der Waals surface area (Å²) in [4.78, 5) is 2.37. The van der Waals surface area contributed by atoms with Crippen molar-refractivity contribution in [2.24, 2.45) is 5.73 Å². The minimum absolute atomic E-state index is 0.143. The molecule has 0 saturated carbocycles. The normalized spacial score (nSPS) is 24.5. The van der Waals surface area contributed by atoms with Crippen LogP contribution < -0.4 is 5.73 Å². The van der Waals surface area contributed by atoms with Crippen LogP contribution in [0.3, 0.4) is 0 Å². The van der Waals surface area contributed by atoms with Gasteiger partial charge < -0.3 is 10.5 Å². The van der Waals surface area contributed by atoms with Crippen molar-refractivity contribution in [3.8, 4) is 0 Å². The Hall–Kier alpha value is -0.970. The molecular formula is C17H27FN2O. The first-order valence-electron chi connectivity index (χ1n) is 7.55. The fraction of sp³-hybridized carbons (Fsp3) is 0.647. The molecular weight excluding hydrogens is 267 g/mol. The van der Waals surface area contributed by atoms with E-state index in [1.54, 1.807) is 12.1 Å². The molecule has 0 aliphatic carbocycles. The Kier molecular flexibility index (Phi) is 4.43. The second-order valence-corrected chi connectivity index (χ2v) is 7.34. The molecule has 0 bridgehead atoms. The largest absolute Gasteiger partial charge is 0.367 e. The van der Waals surface area contributed by atoms with Crippen molar-refractivity contribution in [3.05, 3.63) is 35.6 Å². The molecule has 1 aromatic carbocycles. The lowest BCUT2D eigenvalue weighted by Gasteiger charge is -2.50. The summed E-state index contributed by atoms with van der Waals surface area (Å²) in [5.74, 6) is -0.229. The van der Waals surface area contributed by atoms with Crippen molar-refractivity contribution < 1.29 is 9.13 Å². The number of rotatable bonds is 3. The molecule has 0 aromatic heterocycles. The van der Waals surface area contributed by atoms with E-state index in [0.717, 1.165) is 18.7 Å². The lowest BCUT2D eigenvalue weighted by atomic mass is 9.93. The molecule has 1 saturated heterocycles. The SMILES string of the molecule is CC(C(N)c1ccc(F)cc1)N1CC(C)(C)OC(C)(C)C1. The first-order valence-corrected chi connectivity index (χ1v) is 7.55. The third-order valence-corrected chi connectivity index (χ3v) is 4.07. The maximum Gasteiger partial charge on any atom is 0.123 e. The van der Waals surface area contributed by atoms with Crippen LogP contribution in [0.1, 0.15) is 46.2 Å². The van der Waals surface area contributed by atoms with Gasteiger partial charge in [-0.15, -0.1) is 0 Å². The molecule has 0 amide bonds. The molecule has 2 rings (SSSR count). The van der Waals surface area contributed by atoms with Crippen LogP contribution in [-0.2, 0) is 4.74 Å². The van der Waals surface area contributed by atoms with Gasteiger partial charge in [-0.25, -0.2) is 4.39 Å². The van der Waals surface area contributed by atoms with Gasteiger partial charge >= 0.3 is 0 Å². The number of ether oxygens (including phenoxy) is 1. The van der Waals surface area contributed by atoms with Gasteiger partial charge in [-0.3, -0.25) is 4.90 Å². The van der Waals surface area contributed by atoms with Crippen molar-refractivity contribution in [3.63, 3.8) is 0 Å². The fourth-order valence-electron chi connectivity index (χ4n) is 3.33. The van der Waals surface area contributed by atoms with Crippen LogP contribution in [0.5, 0.6) is 0 Å². The van der Waals surface area contributed by atoms with Crippen molar-refractivity contribution >= 4 is 0 Å². The van der Waals surface area contributed by atoms with Gasteiger partial charge in [0.2, 0.25) is 0 Å². The van der Waals surface area contributed by atoms with Gasteiger partial charge in [0, 0.05) is 25.2 Å². The monoisotopic (exact) mass is 294 g/mol. The van der Waals surface area contributed by atoms with Gasteiger partial charge in [-0.1, -0.05) is 12.1 Å². The van der Waals surface area contributed by atoms with Crippen LogP contribution in [0.4, 0.5) is 4.39 Å². The number of benzene rings is 1. The zero-order chi connectivity index (χ0) is 15.8. The van der Waals surface area contributed by atoms with E-state index in [1.807, 2.05) is 0 Å². The summed E-state index contributed by atoms with van der Waals surface area (Å²) in [5.41, 5.74) is 6.96. The molecule has 4 heteroatoms. The van der Waals surface area contributed by atoms with Crippen LogP contribution in [0.2, 0.25) is 0 Å². The lowest BCUT2D eigenvalue weighted by Crippen LogP contribution is -2.60. The Balaban J connectivity index is 2.14. The quantitative estimate of drug-likeness (QED) is 0.931. The summed E-state index contributed by atoms with van der Waals surface area (Å²) >= 11 is 0. The molecule has 2 N–H and O–H groups in total. The molecule has 0 spiro atoms. The maximum atomic E-state index is 13.0. The van der Waals surface area contributed by atoms with Crippen LogP contribution in [0.15, 0.2) is 24.3 Å². The van der Waals surface area contributed by atoms with E-state index >= 15 is 0 Å². The van der Waals surface area contributed by atoms with E-state index in [9.17, 15) is 4.39 Å². The third-order valence-electron chi connectivity index (χ3n) is 4.07. The highest BCUT2D eigenvalue weighted by atomic mass is 19.1. The highest BCUT2D eigenvalue weighted by Gasteiger charge is 2.40. The molecule has 1 fully saturated rings. The zero-order valence-corrected chi connectivity index (χ0v) is 13.7. The smallest absolute Gasteiger partial charge is 0.123 e. The topological polar surface area (TPSA) is 38.5 Å². The number of nitrogens with two attached hydrogens (primary N) is 1. The number of hydrogen-bond acceptors (Lipinski definition) is 3. The Labute approximate surface area is 127 Å². The van der Waals surface area contributed by atoms with Crippen LogP contribution >= 0.6 is 0 Å². The lowest BCUT2D eigenvalue weighted by molar-refractivity contribution is -0.187. The molecule has 1 heterocycles. The first-order chi connectivity index (χ1) is 9.60. The fourth-order valence-corrected chi connectivity index (χ4v) is 3.33. The summed E-state index contributed by atoms with van der Waals surface area (Å²) in [6.07, 6.45) is 0. The second-order valence-electron chi connectivity index (χ2n) is 7.34. The van der Waals surface area contributed by atoms with Crippen LogP contribution in [-0.4, -0.2) is 35.2 Å². The highest BCUT2D eigenvalue weighted by molar-refractivity contribution is 5.21. The molecule has 3 nitrogen and oxygen atoms in total. The molecule has 1 aliphatic rings. The van der Waals surface area contributed by atoms with E-state index < -0.39 is 0 Å². The molecule has 2 unspecified atom stereocenters. The van der Waals surface area contributed by atoms with Gasteiger partial charge in [0.05, 0.1) is 11.2 Å². The summed E-state index contributed by atoms with van der Waals surface area (Å²) in [6.45, 7) is 12.2. The van der Waals surface area contributed by atoms with Crippen molar-refractivity contribution in [2.45, 2.75) is 57.9 Å². The van der Waals surface area contributed by atoms with Gasteiger partial charge in [-0.2, -0.15) is 0 Å². The summed E-state index contributed by atoms with van der Waals surface area (Å²) in [6, 6.07) is 6.50. The standard InChI is InChI=1S/C17H27FN2O/c1-12(15(19)13-6-8-14(18)9-7-13)20-10-16(2,3)21-17(4,5)11-20/h6-9,12,15H,10-11,19H2,1-5H3. The average Bonchev–Trinajstić information content (AvgIpc) is 2.34. The Morgan fingerprint density at radius 1 is 1.10 bits per heavy atom. The van der Waals surface area contributed by atoms with E-state index in [1.165, 1.54) is 12.1 Å². The van der Waals surface area contributed by atoms with E-state index in [-0.39, 0.29) is 29.1 Å². The van der Waals surface area contributed by atoms with E-state index in [0.29, 0.717) is 0 Å². The highest BCUT2D eigenvalue weighted by Crippen LogP contribution is 2.31. The number of hydrogen-bond donors (Lipinski definition) is 1. The van der Waals surface area contributed by atoms with Gasteiger partial charge in [0.25, 0.3) is 0 Å². The molecule has 1 aromatic rings. The summed E-state index contributed by atoms with van der Waals surface area (Å²) in [7, 11) is 0. The average molecular weight is 294 g/mol. The number of morpholine rings is 1. The zero-order valence-electron chi connectivity index (χ0n) is 13.7. The maximum absolute atomic E-state index is 13.0. The number of nitrogens with zero attached hydrogens (tertiary/aromatic N) is 1. The molecule has 21 heavy (non-hydrogen) atoms. The second kappa shape index (κ2) is 5.67. The van der Waals surface area contributed by atoms with E-state index in [2.05, 4.69) is 39.5 Å². The van der Waals surface area contributed by atoms with Gasteiger partial charge in [0.1, 0.15) is 5.82 Å². The predicted molar refractivity (Wildman–Crippen MR) is 83.6 cm³/mol. The van der Waals surface area contributed by atoms with Crippen molar-refractivity contribution in [1.82, 2.24) is 4.90 Å². The molecule has 118 valence electrons. The minimum Gasteiger partial charge on any atom is -0.367 e. The number of halogens is 1. The van der Waals surface area contributed by atoms with Crippen molar-refractivity contribution in [1.29, 1.82) is 0 Å². The third kappa shape index (κ3) is 4.02. The summed E-state index contributed by atoms with van der Waals surface area (Å²) in [5, 5.41) is 0. The van der Waals surface area contributed by atoms with Crippen molar-refractivity contribution in [2.75, 3.05) is 13.1 Å². The predicted octanol–water partition coefficient (Wildman–Crippen LogP) is 3.10. The molecule has 1 aliphatic heterocycles. The van der Waals surface area contributed by atoms with Crippen LogP contribution in [0, 0.1) is 5.82 Å². The minimum atomic E-state index is -0.229. The van der Waals surface area contributed by atoms with E-state index in [4.69, 9.17) is 10.5 Å². The molecule has 2 atom stereocenters. The van der Waals surface area contributed by atoms with Gasteiger partial charge in [0.15, 0.2) is 0 Å². The first kappa shape index (κ1) is 16.4. The Bertz CT molecular complexity index is 468.